The van der Waals surface area contributed by atoms with Crippen LogP contribution in [-0.2, 0) is 17.8 Å². The summed E-state index contributed by atoms with van der Waals surface area (Å²) in [4.78, 5) is 12.0. The fourth-order valence-electron chi connectivity index (χ4n) is 1.90. The van der Waals surface area contributed by atoms with Gasteiger partial charge in [-0.1, -0.05) is 13.0 Å². The van der Waals surface area contributed by atoms with Crippen molar-refractivity contribution in [3.63, 3.8) is 0 Å². The van der Waals surface area contributed by atoms with Crippen LogP contribution in [-0.4, -0.2) is 12.0 Å². The number of nitrogens with one attached hydrogen (secondary N) is 1. The fourth-order valence-corrected chi connectivity index (χ4v) is 1.90. The van der Waals surface area contributed by atoms with Crippen LogP contribution in [0.25, 0.3) is 0 Å². The van der Waals surface area contributed by atoms with Crippen molar-refractivity contribution < 1.29 is 13.9 Å². The summed E-state index contributed by atoms with van der Waals surface area (Å²) in [5.74, 6) is 1.00. The number of carbonyl (C=O) groups excluding carboxylic acids is 1. The van der Waals surface area contributed by atoms with E-state index >= 15 is 0 Å². The Morgan fingerprint density at radius 3 is 2.86 bits per heavy atom. The van der Waals surface area contributed by atoms with Gasteiger partial charge in [0.1, 0.15) is 11.5 Å². The van der Waals surface area contributed by atoms with Gasteiger partial charge >= 0.3 is 0 Å². The first-order valence-electron chi connectivity index (χ1n) is 6.95. The van der Waals surface area contributed by atoms with Gasteiger partial charge in [-0.25, -0.2) is 0 Å². The maximum atomic E-state index is 12.0. The van der Waals surface area contributed by atoms with Crippen LogP contribution >= 0.6 is 0 Å². The average Bonchev–Trinajstić information content (AvgIpc) is 3.00. The highest BCUT2D eigenvalue weighted by molar-refractivity contribution is 5.80. The molecule has 1 heterocycles. The van der Waals surface area contributed by atoms with Gasteiger partial charge in [-0.15, -0.1) is 0 Å². The summed E-state index contributed by atoms with van der Waals surface area (Å²) < 4.78 is 10.8. The molecule has 21 heavy (non-hydrogen) atoms. The molecule has 112 valence electrons. The summed E-state index contributed by atoms with van der Waals surface area (Å²) in [7, 11) is 0. The Hall–Kier alpha value is -2.43. The molecule has 0 saturated heterocycles. The van der Waals surface area contributed by atoms with Gasteiger partial charge in [0.05, 0.1) is 18.5 Å². The molecule has 0 saturated carbocycles. The van der Waals surface area contributed by atoms with Gasteiger partial charge in [-0.05, 0) is 43.2 Å². The lowest BCUT2D eigenvalue weighted by atomic mass is 10.1. The first-order valence-corrected chi connectivity index (χ1v) is 6.95. The van der Waals surface area contributed by atoms with Crippen LogP contribution in [0.5, 0.6) is 5.75 Å². The number of hydrogen-bond donors (Lipinski definition) is 2. The van der Waals surface area contributed by atoms with Crippen LogP contribution in [0.1, 0.15) is 25.2 Å². The number of nitrogen functional groups attached to an aromatic ring is 1. The van der Waals surface area contributed by atoms with Gasteiger partial charge in [-0.2, -0.15) is 0 Å². The van der Waals surface area contributed by atoms with Crippen LogP contribution in [0.4, 0.5) is 5.69 Å². The Balaban J connectivity index is 1.91. The summed E-state index contributed by atoms with van der Waals surface area (Å²) in [6, 6.07) is 9.18. The molecule has 1 aromatic heterocycles. The molecule has 1 aromatic carbocycles. The van der Waals surface area contributed by atoms with E-state index in [9.17, 15) is 4.79 Å². The van der Waals surface area contributed by atoms with E-state index < -0.39 is 6.10 Å². The maximum Gasteiger partial charge on any atom is 0.261 e. The van der Waals surface area contributed by atoms with Gasteiger partial charge in [-0.3, -0.25) is 4.79 Å². The highest BCUT2D eigenvalue weighted by Gasteiger charge is 2.16. The molecule has 2 rings (SSSR count). The van der Waals surface area contributed by atoms with Crippen molar-refractivity contribution in [2.75, 3.05) is 5.73 Å². The highest BCUT2D eigenvalue weighted by Crippen LogP contribution is 2.23. The van der Waals surface area contributed by atoms with E-state index in [0.717, 1.165) is 12.0 Å². The maximum absolute atomic E-state index is 12.0. The predicted molar refractivity (Wildman–Crippen MR) is 80.9 cm³/mol. The van der Waals surface area contributed by atoms with Gasteiger partial charge < -0.3 is 20.2 Å². The molecule has 5 heteroatoms. The lowest BCUT2D eigenvalue weighted by Gasteiger charge is -2.16. The molecule has 2 aromatic rings. The number of carbonyl (C=O) groups is 1. The van der Waals surface area contributed by atoms with Crippen molar-refractivity contribution in [3.05, 3.63) is 47.9 Å². The normalized spacial score (nSPS) is 11.9. The summed E-state index contributed by atoms with van der Waals surface area (Å²) in [6.45, 7) is 4.08. The first-order chi connectivity index (χ1) is 10.1. The fraction of sp³-hybridized carbons (Fsp3) is 0.312. The second kappa shape index (κ2) is 6.83. The topological polar surface area (TPSA) is 77.5 Å². The van der Waals surface area contributed by atoms with Crippen molar-refractivity contribution in [2.45, 2.75) is 32.9 Å². The minimum absolute atomic E-state index is 0.217. The zero-order valence-corrected chi connectivity index (χ0v) is 12.3. The molecule has 0 radical (unpaired) electrons. The number of nitrogens with two attached hydrogens (primary N) is 1. The third-order valence-corrected chi connectivity index (χ3v) is 3.17. The predicted octanol–water partition coefficient (Wildman–Crippen LogP) is 2.51. The number of anilines is 1. The van der Waals surface area contributed by atoms with E-state index in [0.29, 0.717) is 23.7 Å². The zero-order chi connectivity index (χ0) is 15.2. The molecule has 1 unspecified atom stereocenters. The lowest BCUT2D eigenvalue weighted by Crippen LogP contribution is -2.35. The van der Waals surface area contributed by atoms with Crippen LogP contribution in [0.2, 0.25) is 0 Å². The standard InChI is InChI=1S/C16H20N2O3/c1-3-12-6-7-15(14(17)9-12)21-11(2)16(19)18-10-13-5-4-8-20-13/h4-9,11H,3,10,17H2,1-2H3,(H,18,19). The molecule has 5 nitrogen and oxygen atoms in total. The third kappa shape index (κ3) is 4.02. The Morgan fingerprint density at radius 2 is 2.24 bits per heavy atom. The molecule has 0 bridgehead atoms. The number of aryl methyl sites for hydroxylation is 1. The molecule has 0 aliphatic carbocycles. The van der Waals surface area contributed by atoms with Gasteiger partial charge in [0, 0.05) is 0 Å². The smallest absolute Gasteiger partial charge is 0.261 e. The number of rotatable bonds is 6. The van der Waals surface area contributed by atoms with Gasteiger partial charge in [0.15, 0.2) is 6.10 Å². The number of ether oxygens (including phenoxy) is 1. The van der Waals surface area contributed by atoms with Crippen molar-refractivity contribution in [1.29, 1.82) is 0 Å². The van der Waals surface area contributed by atoms with E-state index in [1.165, 1.54) is 0 Å². The number of amides is 1. The minimum atomic E-state index is -0.630. The molecular formula is C16H20N2O3. The quantitative estimate of drug-likeness (QED) is 0.801. The van der Waals surface area contributed by atoms with Crippen molar-refractivity contribution in [1.82, 2.24) is 5.32 Å². The van der Waals surface area contributed by atoms with Crippen LogP contribution in [0, 0.1) is 0 Å². The van der Waals surface area contributed by atoms with E-state index in [1.807, 2.05) is 12.1 Å². The highest BCUT2D eigenvalue weighted by atomic mass is 16.5. The number of furan rings is 1. The average molecular weight is 288 g/mol. The molecule has 0 aliphatic heterocycles. The third-order valence-electron chi connectivity index (χ3n) is 3.17. The second-order valence-corrected chi connectivity index (χ2v) is 4.78. The van der Waals surface area contributed by atoms with E-state index in [-0.39, 0.29) is 5.91 Å². The van der Waals surface area contributed by atoms with E-state index in [1.54, 1.807) is 31.4 Å². The monoisotopic (exact) mass is 288 g/mol. The molecule has 1 atom stereocenters. The van der Waals surface area contributed by atoms with E-state index in [2.05, 4.69) is 12.2 Å². The Kier molecular flexibility index (Phi) is 4.87. The van der Waals surface area contributed by atoms with E-state index in [4.69, 9.17) is 14.9 Å². The molecular weight excluding hydrogens is 268 g/mol. The number of hydrogen-bond acceptors (Lipinski definition) is 4. The summed E-state index contributed by atoms with van der Waals surface area (Å²) in [6.07, 6.45) is 1.84. The van der Waals surface area contributed by atoms with Gasteiger partial charge in [0.25, 0.3) is 5.91 Å². The summed E-state index contributed by atoms with van der Waals surface area (Å²) >= 11 is 0. The molecule has 3 N–H and O–H groups in total. The van der Waals surface area contributed by atoms with Crippen LogP contribution in [0.3, 0.4) is 0 Å². The Morgan fingerprint density at radius 1 is 1.43 bits per heavy atom. The first kappa shape index (κ1) is 15.0. The minimum Gasteiger partial charge on any atom is -0.479 e. The second-order valence-electron chi connectivity index (χ2n) is 4.78. The Labute approximate surface area is 124 Å². The van der Waals surface area contributed by atoms with Crippen molar-refractivity contribution in [2.24, 2.45) is 0 Å². The zero-order valence-electron chi connectivity index (χ0n) is 12.3. The number of benzene rings is 1. The molecule has 0 fully saturated rings. The SMILES string of the molecule is CCc1ccc(OC(C)C(=O)NCc2ccco2)c(N)c1. The lowest BCUT2D eigenvalue weighted by molar-refractivity contribution is -0.127. The summed E-state index contributed by atoms with van der Waals surface area (Å²) in [5, 5.41) is 2.75. The largest absolute Gasteiger partial charge is 0.479 e. The molecule has 1 amide bonds. The van der Waals surface area contributed by atoms with Crippen molar-refractivity contribution >= 4 is 11.6 Å². The van der Waals surface area contributed by atoms with Crippen LogP contribution < -0.4 is 15.8 Å². The van der Waals surface area contributed by atoms with Crippen molar-refractivity contribution in [3.8, 4) is 5.75 Å². The van der Waals surface area contributed by atoms with Crippen LogP contribution in [0.15, 0.2) is 41.0 Å². The molecule has 0 aliphatic rings. The Bertz CT molecular complexity index is 594. The summed E-state index contributed by atoms with van der Waals surface area (Å²) in [5.41, 5.74) is 7.60. The van der Waals surface area contributed by atoms with Gasteiger partial charge in [0.2, 0.25) is 0 Å². The molecule has 0 spiro atoms.